The van der Waals surface area contributed by atoms with Crippen LogP contribution < -0.4 is 5.32 Å². The van der Waals surface area contributed by atoms with E-state index in [2.05, 4.69) is 10.4 Å². The van der Waals surface area contributed by atoms with Crippen LogP contribution in [0.4, 0.5) is 15.8 Å². The standard InChI is InChI=1S/C20H17FN4O5/c1-12-9-10-22-24(12)16-6-3-14(4-7-16)20(27)30-13(2)19(26)23-15-5-8-17(21)18(11-15)25(28)29/h3-11,13H,1-2H3,(H,23,26)/t13-/m1/s1. The van der Waals surface area contributed by atoms with Crippen molar-refractivity contribution >= 4 is 23.3 Å². The van der Waals surface area contributed by atoms with Crippen molar-refractivity contribution < 1.29 is 23.6 Å². The highest BCUT2D eigenvalue weighted by Gasteiger charge is 2.21. The molecule has 0 unspecified atom stereocenters. The Labute approximate surface area is 170 Å². The summed E-state index contributed by atoms with van der Waals surface area (Å²) in [5.74, 6) is -2.45. The Balaban J connectivity index is 1.64. The molecule has 3 aromatic rings. The summed E-state index contributed by atoms with van der Waals surface area (Å²) in [5, 5.41) is 17.3. The number of anilines is 1. The van der Waals surface area contributed by atoms with Crippen molar-refractivity contribution in [3.8, 4) is 5.69 Å². The van der Waals surface area contributed by atoms with Gasteiger partial charge in [0, 0.05) is 23.6 Å². The predicted molar refractivity (Wildman–Crippen MR) is 105 cm³/mol. The molecule has 0 fully saturated rings. The topological polar surface area (TPSA) is 116 Å². The van der Waals surface area contributed by atoms with Gasteiger partial charge in [0.25, 0.3) is 5.91 Å². The van der Waals surface area contributed by atoms with E-state index in [9.17, 15) is 24.1 Å². The van der Waals surface area contributed by atoms with Gasteiger partial charge in [0.05, 0.1) is 16.2 Å². The van der Waals surface area contributed by atoms with E-state index in [4.69, 9.17) is 4.74 Å². The number of nitro benzene ring substituents is 1. The van der Waals surface area contributed by atoms with Gasteiger partial charge < -0.3 is 10.1 Å². The fourth-order valence-electron chi connectivity index (χ4n) is 2.63. The average molecular weight is 412 g/mol. The lowest BCUT2D eigenvalue weighted by atomic mass is 10.2. The molecule has 30 heavy (non-hydrogen) atoms. The van der Waals surface area contributed by atoms with E-state index in [1.165, 1.54) is 13.0 Å². The second-order valence-electron chi connectivity index (χ2n) is 6.39. The van der Waals surface area contributed by atoms with Crippen LogP contribution >= 0.6 is 0 Å². The number of nitrogens with one attached hydrogen (secondary N) is 1. The van der Waals surface area contributed by atoms with Crippen LogP contribution in [0.15, 0.2) is 54.7 Å². The van der Waals surface area contributed by atoms with Crippen molar-refractivity contribution in [1.82, 2.24) is 9.78 Å². The quantitative estimate of drug-likeness (QED) is 0.377. The molecule has 0 spiro atoms. The van der Waals surface area contributed by atoms with Crippen LogP contribution in [0.2, 0.25) is 0 Å². The lowest BCUT2D eigenvalue weighted by Gasteiger charge is -2.14. The molecule has 3 rings (SSSR count). The number of hydrogen-bond donors (Lipinski definition) is 1. The van der Waals surface area contributed by atoms with Gasteiger partial charge >= 0.3 is 11.7 Å². The van der Waals surface area contributed by atoms with E-state index in [0.29, 0.717) is 0 Å². The van der Waals surface area contributed by atoms with Crippen LogP contribution in [0.3, 0.4) is 0 Å². The fraction of sp³-hybridized carbons (Fsp3) is 0.150. The maximum atomic E-state index is 13.4. The number of aryl methyl sites for hydroxylation is 1. The molecule has 1 amide bonds. The van der Waals surface area contributed by atoms with Crippen molar-refractivity contribution in [2.24, 2.45) is 0 Å². The molecule has 2 aromatic carbocycles. The predicted octanol–water partition coefficient (Wildman–Crippen LogP) is 3.41. The molecule has 0 saturated carbocycles. The van der Waals surface area contributed by atoms with Crippen LogP contribution in [-0.4, -0.2) is 32.7 Å². The summed E-state index contributed by atoms with van der Waals surface area (Å²) in [7, 11) is 0. The maximum Gasteiger partial charge on any atom is 0.338 e. The smallest absolute Gasteiger partial charge is 0.338 e. The van der Waals surface area contributed by atoms with E-state index in [1.807, 2.05) is 13.0 Å². The van der Waals surface area contributed by atoms with Crippen LogP contribution in [0.5, 0.6) is 0 Å². The van der Waals surface area contributed by atoms with E-state index < -0.39 is 34.4 Å². The summed E-state index contributed by atoms with van der Waals surface area (Å²) < 4.78 is 20.2. The van der Waals surface area contributed by atoms with Gasteiger partial charge in [-0.25, -0.2) is 9.48 Å². The molecule has 1 N–H and O–H groups in total. The highest BCUT2D eigenvalue weighted by molar-refractivity contribution is 5.97. The monoisotopic (exact) mass is 412 g/mol. The van der Waals surface area contributed by atoms with E-state index >= 15 is 0 Å². The third-order valence-corrected chi connectivity index (χ3v) is 4.24. The Morgan fingerprint density at radius 3 is 2.50 bits per heavy atom. The molecule has 154 valence electrons. The molecule has 0 radical (unpaired) electrons. The van der Waals surface area contributed by atoms with Crippen molar-refractivity contribution in [3.63, 3.8) is 0 Å². The summed E-state index contributed by atoms with van der Waals surface area (Å²) >= 11 is 0. The zero-order valence-corrected chi connectivity index (χ0v) is 16.0. The number of nitro groups is 1. The van der Waals surface area contributed by atoms with E-state index in [-0.39, 0.29) is 11.3 Å². The Hall–Kier alpha value is -4.08. The Bertz CT molecular complexity index is 1110. The minimum Gasteiger partial charge on any atom is -0.449 e. The van der Waals surface area contributed by atoms with Gasteiger partial charge in [-0.05, 0) is 56.3 Å². The molecule has 0 aliphatic heterocycles. The number of benzene rings is 2. The number of ether oxygens (including phenoxy) is 1. The van der Waals surface area contributed by atoms with Gasteiger partial charge in [-0.3, -0.25) is 14.9 Å². The number of amides is 1. The van der Waals surface area contributed by atoms with Gasteiger partial charge in [-0.2, -0.15) is 9.49 Å². The molecule has 10 heteroatoms. The number of carbonyl (C=O) groups is 2. The maximum absolute atomic E-state index is 13.4. The van der Waals surface area contributed by atoms with Gasteiger partial charge in [-0.15, -0.1) is 0 Å². The summed E-state index contributed by atoms with van der Waals surface area (Å²) in [6, 6.07) is 11.3. The first kappa shape index (κ1) is 20.6. The molecule has 1 heterocycles. The zero-order valence-electron chi connectivity index (χ0n) is 16.0. The van der Waals surface area contributed by atoms with Crippen molar-refractivity contribution in [2.45, 2.75) is 20.0 Å². The minimum atomic E-state index is -1.19. The Kier molecular flexibility index (Phi) is 5.86. The molecule has 0 saturated heterocycles. The largest absolute Gasteiger partial charge is 0.449 e. The van der Waals surface area contributed by atoms with Crippen LogP contribution in [0.1, 0.15) is 23.0 Å². The SMILES string of the molecule is Cc1ccnn1-c1ccc(C(=O)O[C@H](C)C(=O)Nc2ccc(F)c([N+](=O)[O-])c2)cc1. The summed E-state index contributed by atoms with van der Waals surface area (Å²) in [6.45, 7) is 3.25. The highest BCUT2D eigenvalue weighted by Crippen LogP contribution is 2.22. The Morgan fingerprint density at radius 2 is 1.90 bits per heavy atom. The zero-order chi connectivity index (χ0) is 21.8. The van der Waals surface area contributed by atoms with Crippen LogP contribution in [-0.2, 0) is 9.53 Å². The number of hydrogen-bond acceptors (Lipinski definition) is 6. The fourth-order valence-corrected chi connectivity index (χ4v) is 2.63. The summed E-state index contributed by atoms with van der Waals surface area (Å²) in [5.41, 5.74) is 1.16. The molecule has 1 atom stereocenters. The first-order chi connectivity index (χ1) is 14.3. The average Bonchev–Trinajstić information content (AvgIpc) is 3.15. The summed E-state index contributed by atoms with van der Waals surface area (Å²) in [4.78, 5) is 34.4. The lowest BCUT2D eigenvalue weighted by Crippen LogP contribution is -2.30. The second kappa shape index (κ2) is 8.52. The first-order valence-corrected chi connectivity index (χ1v) is 8.83. The van der Waals surface area contributed by atoms with Crippen molar-refractivity contribution in [1.29, 1.82) is 0 Å². The van der Waals surface area contributed by atoms with Crippen molar-refractivity contribution in [3.05, 3.63) is 81.9 Å². The third-order valence-electron chi connectivity index (χ3n) is 4.24. The number of esters is 1. The normalized spacial score (nSPS) is 11.6. The number of aromatic nitrogens is 2. The number of rotatable bonds is 6. The van der Waals surface area contributed by atoms with Gasteiger partial charge in [0.1, 0.15) is 0 Å². The lowest BCUT2D eigenvalue weighted by molar-refractivity contribution is -0.387. The van der Waals surface area contributed by atoms with Gasteiger partial charge in [0.2, 0.25) is 5.82 Å². The first-order valence-electron chi connectivity index (χ1n) is 8.83. The molecular formula is C20H17FN4O5. The van der Waals surface area contributed by atoms with Gasteiger partial charge in [0.15, 0.2) is 6.10 Å². The molecule has 0 bridgehead atoms. The number of halogens is 1. The minimum absolute atomic E-state index is 0.00921. The number of carbonyl (C=O) groups excluding carboxylic acids is 2. The third kappa shape index (κ3) is 4.49. The summed E-state index contributed by atoms with van der Waals surface area (Å²) in [6.07, 6.45) is 0.475. The molecule has 0 aliphatic carbocycles. The second-order valence-corrected chi connectivity index (χ2v) is 6.39. The molecular weight excluding hydrogens is 395 g/mol. The van der Waals surface area contributed by atoms with Crippen molar-refractivity contribution in [2.75, 3.05) is 5.32 Å². The van der Waals surface area contributed by atoms with E-state index in [0.717, 1.165) is 23.5 Å². The van der Waals surface area contributed by atoms with E-state index in [1.54, 1.807) is 35.1 Å². The van der Waals surface area contributed by atoms with Crippen LogP contribution in [0, 0.1) is 22.9 Å². The molecule has 1 aromatic heterocycles. The van der Waals surface area contributed by atoms with Crippen LogP contribution in [0.25, 0.3) is 5.69 Å². The van der Waals surface area contributed by atoms with Gasteiger partial charge in [-0.1, -0.05) is 0 Å². The molecule has 9 nitrogen and oxygen atoms in total. The highest BCUT2D eigenvalue weighted by atomic mass is 19.1. The Morgan fingerprint density at radius 1 is 1.20 bits per heavy atom. The molecule has 0 aliphatic rings. The number of nitrogens with zero attached hydrogens (tertiary/aromatic N) is 3.